The maximum Gasteiger partial charge on any atom is 0.0828 e. The minimum atomic E-state index is -0.288. The molecule has 1 aliphatic rings. The van der Waals surface area contributed by atoms with Crippen molar-refractivity contribution in [1.82, 2.24) is 0 Å². The third kappa shape index (κ3) is 2.16. The lowest BCUT2D eigenvalue weighted by molar-refractivity contribution is 0.00733. The number of aryl methyl sites for hydroxylation is 1. The van der Waals surface area contributed by atoms with Gasteiger partial charge in [-0.25, -0.2) is 0 Å². The van der Waals surface area contributed by atoms with Gasteiger partial charge in [0.2, 0.25) is 0 Å². The molecule has 0 bridgehead atoms. The Morgan fingerprint density at radius 1 is 1.50 bits per heavy atom. The van der Waals surface area contributed by atoms with Crippen molar-refractivity contribution in [2.45, 2.75) is 25.9 Å². The Morgan fingerprint density at radius 2 is 2.21 bits per heavy atom. The Bertz CT molecular complexity index is 289. The fraction of sp³-hybridized carbons (Fsp3) is 0.636. The molecule has 78 valence electrons. The molecule has 1 aliphatic heterocycles. The van der Waals surface area contributed by atoms with Gasteiger partial charge in [-0.1, -0.05) is 0 Å². The van der Waals surface area contributed by atoms with Crippen molar-refractivity contribution < 1.29 is 9.84 Å². The summed E-state index contributed by atoms with van der Waals surface area (Å²) >= 11 is 1.71. The van der Waals surface area contributed by atoms with E-state index in [1.807, 2.05) is 0 Å². The third-order valence-corrected chi connectivity index (χ3v) is 3.68. The summed E-state index contributed by atoms with van der Waals surface area (Å²) in [6.07, 6.45) is 1.68. The van der Waals surface area contributed by atoms with Crippen LogP contribution in [0.25, 0.3) is 0 Å². The maximum absolute atomic E-state index is 10.1. The van der Waals surface area contributed by atoms with Crippen molar-refractivity contribution in [2.24, 2.45) is 5.92 Å². The van der Waals surface area contributed by atoms with Crippen LogP contribution in [0.4, 0.5) is 0 Å². The summed E-state index contributed by atoms with van der Waals surface area (Å²) in [5.41, 5.74) is 1.08. The second-order valence-electron chi connectivity index (χ2n) is 3.89. The number of aliphatic hydroxyl groups excluding tert-OH is 1. The van der Waals surface area contributed by atoms with Crippen LogP contribution in [-0.2, 0) is 4.74 Å². The molecule has 0 radical (unpaired) electrons. The van der Waals surface area contributed by atoms with Crippen LogP contribution in [0.5, 0.6) is 0 Å². The van der Waals surface area contributed by atoms with Crippen molar-refractivity contribution in [1.29, 1.82) is 0 Å². The molecule has 1 atom stereocenters. The number of aliphatic hydroxyl groups is 1. The fourth-order valence-corrected chi connectivity index (χ4v) is 2.66. The maximum atomic E-state index is 10.1. The largest absolute Gasteiger partial charge is 0.388 e. The molecule has 1 N–H and O–H groups in total. The lowest BCUT2D eigenvalue weighted by Crippen LogP contribution is -2.21. The summed E-state index contributed by atoms with van der Waals surface area (Å²) in [7, 11) is 0. The van der Waals surface area contributed by atoms with Crippen LogP contribution >= 0.6 is 11.3 Å². The van der Waals surface area contributed by atoms with E-state index in [1.54, 1.807) is 11.3 Å². The Balaban J connectivity index is 2.03. The molecule has 0 amide bonds. The van der Waals surface area contributed by atoms with Gasteiger partial charge in [-0.2, -0.15) is 0 Å². The van der Waals surface area contributed by atoms with Crippen molar-refractivity contribution in [3.63, 3.8) is 0 Å². The van der Waals surface area contributed by atoms with E-state index < -0.39 is 0 Å². The zero-order valence-corrected chi connectivity index (χ0v) is 9.22. The molecule has 2 rings (SSSR count). The minimum Gasteiger partial charge on any atom is -0.388 e. The molecule has 0 spiro atoms. The van der Waals surface area contributed by atoms with E-state index in [0.717, 1.165) is 31.6 Å². The monoisotopic (exact) mass is 212 g/mol. The number of hydrogen-bond acceptors (Lipinski definition) is 3. The van der Waals surface area contributed by atoms with E-state index in [2.05, 4.69) is 18.4 Å². The van der Waals surface area contributed by atoms with Gasteiger partial charge in [0.15, 0.2) is 0 Å². The third-order valence-electron chi connectivity index (χ3n) is 2.80. The lowest BCUT2D eigenvalue weighted by Gasteiger charge is -2.26. The van der Waals surface area contributed by atoms with Gasteiger partial charge in [-0.3, -0.25) is 0 Å². The minimum absolute atomic E-state index is 0.288. The lowest BCUT2D eigenvalue weighted by atomic mass is 9.90. The molecule has 14 heavy (non-hydrogen) atoms. The second-order valence-corrected chi connectivity index (χ2v) is 5.00. The van der Waals surface area contributed by atoms with Crippen LogP contribution in [0.1, 0.15) is 29.4 Å². The predicted molar refractivity (Wildman–Crippen MR) is 57.6 cm³/mol. The smallest absolute Gasteiger partial charge is 0.0828 e. The first kappa shape index (κ1) is 10.1. The molecule has 3 heteroatoms. The summed E-state index contributed by atoms with van der Waals surface area (Å²) in [5, 5.41) is 12.2. The standard InChI is InChI=1S/C11H16O2S/c1-8-6-10(7-14-8)11(12)9-2-4-13-5-3-9/h6-7,9,11-12H,2-5H2,1H3. The van der Waals surface area contributed by atoms with E-state index >= 15 is 0 Å². The van der Waals surface area contributed by atoms with Gasteiger partial charge >= 0.3 is 0 Å². The first-order valence-corrected chi connectivity index (χ1v) is 5.96. The van der Waals surface area contributed by atoms with Crippen LogP contribution in [0.3, 0.4) is 0 Å². The molecule has 1 unspecified atom stereocenters. The fourth-order valence-electron chi connectivity index (χ4n) is 1.92. The molecular formula is C11H16O2S. The molecule has 1 aromatic heterocycles. The highest BCUT2D eigenvalue weighted by atomic mass is 32.1. The van der Waals surface area contributed by atoms with Crippen molar-refractivity contribution >= 4 is 11.3 Å². The Kier molecular flexibility index (Phi) is 3.21. The van der Waals surface area contributed by atoms with Gasteiger partial charge in [0, 0.05) is 18.1 Å². The van der Waals surface area contributed by atoms with Crippen molar-refractivity contribution in [2.75, 3.05) is 13.2 Å². The average molecular weight is 212 g/mol. The summed E-state index contributed by atoms with van der Waals surface area (Å²) in [6.45, 7) is 3.67. The van der Waals surface area contributed by atoms with Gasteiger partial charge in [0.05, 0.1) is 6.10 Å². The molecule has 1 saturated heterocycles. The van der Waals surface area contributed by atoms with E-state index in [-0.39, 0.29) is 6.10 Å². The van der Waals surface area contributed by atoms with Gasteiger partial charge in [0.25, 0.3) is 0 Å². The molecule has 2 heterocycles. The summed E-state index contributed by atoms with van der Waals surface area (Å²) < 4.78 is 5.28. The number of ether oxygens (including phenoxy) is 1. The molecule has 0 aromatic carbocycles. The number of rotatable bonds is 2. The van der Waals surface area contributed by atoms with Crippen LogP contribution in [0, 0.1) is 12.8 Å². The summed E-state index contributed by atoms with van der Waals surface area (Å²) in [6, 6.07) is 2.09. The van der Waals surface area contributed by atoms with Crippen LogP contribution in [0.2, 0.25) is 0 Å². The molecule has 0 saturated carbocycles. The summed E-state index contributed by atoms with van der Waals surface area (Å²) in [5.74, 6) is 0.387. The SMILES string of the molecule is Cc1cc(C(O)C2CCOCC2)cs1. The van der Waals surface area contributed by atoms with Crippen LogP contribution in [0.15, 0.2) is 11.4 Å². The highest BCUT2D eigenvalue weighted by Crippen LogP contribution is 2.31. The highest BCUT2D eigenvalue weighted by molar-refractivity contribution is 7.10. The quantitative estimate of drug-likeness (QED) is 0.816. The van der Waals surface area contributed by atoms with E-state index in [0.29, 0.717) is 5.92 Å². The zero-order valence-electron chi connectivity index (χ0n) is 8.40. The van der Waals surface area contributed by atoms with Crippen LogP contribution in [-0.4, -0.2) is 18.3 Å². The zero-order chi connectivity index (χ0) is 9.97. The summed E-state index contributed by atoms with van der Waals surface area (Å²) in [4.78, 5) is 1.27. The first-order chi connectivity index (χ1) is 6.77. The van der Waals surface area contributed by atoms with Gasteiger partial charge in [0.1, 0.15) is 0 Å². The average Bonchev–Trinajstić information content (AvgIpc) is 2.65. The molecule has 0 aliphatic carbocycles. The van der Waals surface area contributed by atoms with E-state index in [9.17, 15) is 5.11 Å². The Labute approximate surface area is 88.5 Å². The van der Waals surface area contributed by atoms with Crippen LogP contribution < -0.4 is 0 Å². The normalized spacial score (nSPS) is 21.0. The van der Waals surface area contributed by atoms with Crippen molar-refractivity contribution in [3.8, 4) is 0 Å². The molecule has 1 fully saturated rings. The Hall–Kier alpha value is -0.380. The number of hydrogen-bond donors (Lipinski definition) is 1. The van der Waals surface area contributed by atoms with Gasteiger partial charge < -0.3 is 9.84 Å². The van der Waals surface area contributed by atoms with Gasteiger partial charge in [-0.15, -0.1) is 11.3 Å². The molecule has 2 nitrogen and oxygen atoms in total. The molecular weight excluding hydrogens is 196 g/mol. The predicted octanol–water partition coefficient (Wildman–Crippen LogP) is 2.52. The molecule has 1 aromatic rings. The first-order valence-electron chi connectivity index (χ1n) is 5.08. The van der Waals surface area contributed by atoms with E-state index in [4.69, 9.17) is 4.74 Å². The van der Waals surface area contributed by atoms with Crippen molar-refractivity contribution in [3.05, 3.63) is 21.9 Å². The topological polar surface area (TPSA) is 29.5 Å². The van der Waals surface area contributed by atoms with E-state index in [1.165, 1.54) is 4.88 Å². The second kappa shape index (κ2) is 4.43. The number of thiophene rings is 1. The highest BCUT2D eigenvalue weighted by Gasteiger charge is 2.23. The van der Waals surface area contributed by atoms with Gasteiger partial charge in [-0.05, 0) is 42.7 Å². The Morgan fingerprint density at radius 3 is 2.79 bits per heavy atom.